The number of ether oxygens (including phenoxy) is 2. The number of rotatable bonds is 3. The van der Waals surface area contributed by atoms with E-state index >= 15 is 0 Å². The van der Waals surface area contributed by atoms with Crippen molar-refractivity contribution in [3.05, 3.63) is 45.3 Å². The molecule has 0 aliphatic heterocycles. The van der Waals surface area contributed by atoms with Crippen molar-refractivity contribution in [1.29, 1.82) is 0 Å². The lowest BCUT2D eigenvalue weighted by Gasteiger charge is -2.14. The molecule has 2 rings (SSSR count). The van der Waals surface area contributed by atoms with Crippen molar-refractivity contribution in [2.24, 2.45) is 0 Å². The lowest BCUT2D eigenvalue weighted by molar-refractivity contribution is -0.137. The summed E-state index contributed by atoms with van der Waals surface area (Å²) in [6, 6.07) is 2.27. The Morgan fingerprint density at radius 2 is 1.84 bits per heavy atom. The minimum atomic E-state index is -4.62. The van der Waals surface area contributed by atoms with Gasteiger partial charge >= 0.3 is 12.1 Å². The molecule has 2 aromatic rings. The molecule has 0 saturated heterocycles. The molecule has 0 saturated carbocycles. The van der Waals surface area contributed by atoms with Crippen LogP contribution in [-0.4, -0.2) is 25.2 Å². The van der Waals surface area contributed by atoms with Gasteiger partial charge in [-0.05, 0) is 12.1 Å². The van der Waals surface area contributed by atoms with Gasteiger partial charge in [-0.2, -0.15) is 13.2 Å². The normalized spacial score (nSPS) is 11.4. The molecule has 0 atom stereocenters. The predicted molar refractivity (Wildman–Crippen MR) is 82.5 cm³/mol. The number of hydrogen-bond donors (Lipinski definition) is 0. The van der Waals surface area contributed by atoms with Crippen LogP contribution in [0, 0.1) is 5.82 Å². The van der Waals surface area contributed by atoms with Crippen molar-refractivity contribution >= 4 is 29.2 Å². The number of methoxy groups -OCH3 is 2. The van der Waals surface area contributed by atoms with E-state index in [9.17, 15) is 22.4 Å². The van der Waals surface area contributed by atoms with Crippen LogP contribution in [0.2, 0.25) is 10.0 Å². The number of esters is 1. The molecule has 0 radical (unpaired) electrons. The van der Waals surface area contributed by atoms with Gasteiger partial charge in [-0.25, -0.2) is 14.2 Å². The van der Waals surface area contributed by atoms with Gasteiger partial charge in [0.1, 0.15) is 10.7 Å². The van der Waals surface area contributed by atoms with E-state index in [4.69, 9.17) is 27.9 Å². The summed E-state index contributed by atoms with van der Waals surface area (Å²) >= 11 is 11.7. The van der Waals surface area contributed by atoms with Gasteiger partial charge in [0.05, 0.1) is 24.8 Å². The second kappa shape index (κ2) is 7.05. The van der Waals surface area contributed by atoms with E-state index in [0.29, 0.717) is 12.1 Å². The zero-order valence-electron chi connectivity index (χ0n) is 12.7. The lowest BCUT2D eigenvalue weighted by atomic mass is 10.1. The third kappa shape index (κ3) is 3.64. The van der Waals surface area contributed by atoms with E-state index in [1.54, 1.807) is 0 Å². The number of carbonyl (C=O) groups is 1. The highest BCUT2D eigenvalue weighted by molar-refractivity contribution is 6.35. The lowest BCUT2D eigenvalue weighted by Crippen LogP contribution is -2.10. The van der Waals surface area contributed by atoms with E-state index in [0.717, 1.165) is 20.3 Å². The summed E-state index contributed by atoms with van der Waals surface area (Å²) < 4.78 is 62.1. The van der Waals surface area contributed by atoms with Crippen molar-refractivity contribution in [2.75, 3.05) is 14.2 Å². The quantitative estimate of drug-likeness (QED) is 0.539. The molecule has 10 heteroatoms. The summed E-state index contributed by atoms with van der Waals surface area (Å²) in [6.45, 7) is 0. The summed E-state index contributed by atoms with van der Waals surface area (Å²) in [5, 5.41) is -0.847. The van der Waals surface area contributed by atoms with Crippen molar-refractivity contribution in [1.82, 2.24) is 4.98 Å². The molecule has 0 amide bonds. The second-order valence-electron chi connectivity index (χ2n) is 4.65. The predicted octanol–water partition coefficient (Wildman–Crippen LogP) is 5.01. The van der Waals surface area contributed by atoms with Crippen LogP contribution in [-0.2, 0) is 10.9 Å². The van der Waals surface area contributed by atoms with E-state index in [1.165, 1.54) is 0 Å². The molecule has 4 nitrogen and oxygen atoms in total. The first-order valence-electron chi connectivity index (χ1n) is 6.50. The molecule has 0 aliphatic carbocycles. The molecule has 0 bridgehead atoms. The summed E-state index contributed by atoms with van der Waals surface area (Å²) in [5.74, 6) is -2.57. The van der Waals surface area contributed by atoms with Gasteiger partial charge in [0.2, 0.25) is 0 Å². The molecule has 25 heavy (non-hydrogen) atoms. The molecule has 0 aliphatic rings. The minimum absolute atomic E-state index is 0.174. The zero-order valence-corrected chi connectivity index (χ0v) is 14.2. The first-order valence-corrected chi connectivity index (χ1v) is 7.25. The Kier molecular flexibility index (Phi) is 5.43. The van der Waals surface area contributed by atoms with Crippen LogP contribution in [0.1, 0.15) is 16.1 Å². The van der Waals surface area contributed by atoms with Crippen molar-refractivity contribution in [3.63, 3.8) is 0 Å². The second-order valence-corrected chi connectivity index (χ2v) is 5.44. The maximum Gasteiger partial charge on any atom is 0.416 e. The molecule has 1 aromatic carbocycles. The smallest absolute Gasteiger partial charge is 0.416 e. The Balaban J connectivity index is 2.73. The molecular weight excluding hydrogens is 389 g/mol. The topological polar surface area (TPSA) is 48.4 Å². The monoisotopic (exact) mass is 397 g/mol. The third-order valence-electron chi connectivity index (χ3n) is 3.17. The molecular formula is C15H9Cl2F4NO3. The van der Waals surface area contributed by atoms with Crippen LogP contribution in [0.4, 0.5) is 17.6 Å². The van der Waals surface area contributed by atoms with Crippen molar-refractivity contribution < 1.29 is 31.8 Å². The number of aromatic nitrogens is 1. The number of nitrogens with zero attached hydrogens (tertiary/aromatic N) is 1. The van der Waals surface area contributed by atoms with Crippen molar-refractivity contribution in [2.45, 2.75) is 6.18 Å². The summed E-state index contributed by atoms with van der Waals surface area (Å²) in [6.07, 6.45) is -4.62. The molecule has 0 fully saturated rings. The maximum atomic E-state index is 14.6. The van der Waals surface area contributed by atoms with Crippen LogP contribution in [0.3, 0.4) is 0 Å². The molecule has 0 spiro atoms. The van der Waals surface area contributed by atoms with Gasteiger partial charge in [-0.1, -0.05) is 29.3 Å². The molecule has 1 aromatic heterocycles. The van der Waals surface area contributed by atoms with Crippen molar-refractivity contribution in [3.8, 4) is 17.0 Å². The number of benzene rings is 1. The Morgan fingerprint density at radius 3 is 2.32 bits per heavy atom. The highest BCUT2D eigenvalue weighted by Crippen LogP contribution is 2.40. The van der Waals surface area contributed by atoms with Gasteiger partial charge in [0.25, 0.3) is 0 Å². The Bertz CT molecular complexity index is 841. The fourth-order valence-electron chi connectivity index (χ4n) is 1.99. The van der Waals surface area contributed by atoms with Crippen LogP contribution in [0.5, 0.6) is 5.75 Å². The number of halogens is 6. The highest BCUT2D eigenvalue weighted by atomic mass is 35.5. The summed E-state index contributed by atoms with van der Waals surface area (Å²) in [7, 11) is 2.16. The molecule has 134 valence electrons. The van der Waals surface area contributed by atoms with E-state index in [-0.39, 0.29) is 5.56 Å². The highest BCUT2D eigenvalue weighted by Gasteiger charge is 2.32. The number of hydrogen-bond acceptors (Lipinski definition) is 4. The first kappa shape index (κ1) is 19.3. The minimum Gasteiger partial charge on any atom is -0.492 e. The van der Waals surface area contributed by atoms with Gasteiger partial charge in [0, 0.05) is 5.56 Å². The van der Waals surface area contributed by atoms with E-state index in [1.807, 2.05) is 0 Å². The van der Waals surface area contributed by atoms with Gasteiger partial charge < -0.3 is 9.47 Å². The fourth-order valence-corrected chi connectivity index (χ4v) is 2.54. The van der Waals surface area contributed by atoms with E-state index in [2.05, 4.69) is 9.72 Å². The van der Waals surface area contributed by atoms with Gasteiger partial charge in [0.15, 0.2) is 17.3 Å². The molecule has 0 N–H and O–H groups in total. The van der Waals surface area contributed by atoms with Gasteiger partial charge in [-0.15, -0.1) is 0 Å². The summed E-state index contributed by atoms with van der Waals surface area (Å²) in [4.78, 5) is 15.5. The average molecular weight is 398 g/mol. The Hall–Kier alpha value is -2.06. The fraction of sp³-hybridized carbons (Fsp3) is 0.200. The SMILES string of the molecule is COC(=O)c1nc(-c2ccc(C(F)(F)F)cc2Cl)c(F)c(OC)c1Cl. The first-order chi connectivity index (χ1) is 11.6. The average Bonchev–Trinajstić information content (AvgIpc) is 2.54. The zero-order chi connectivity index (χ0) is 18.9. The number of carbonyl (C=O) groups excluding carboxylic acids is 1. The molecule has 1 heterocycles. The van der Waals surface area contributed by atoms with Crippen LogP contribution in [0.25, 0.3) is 11.3 Å². The molecule has 0 unspecified atom stereocenters. The number of alkyl halides is 3. The van der Waals surface area contributed by atoms with Gasteiger partial charge in [-0.3, -0.25) is 0 Å². The van der Waals surface area contributed by atoms with Crippen LogP contribution < -0.4 is 4.74 Å². The summed E-state index contributed by atoms with van der Waals surface area (Å²) in [5.41, 5.74) is -2.16. The largest absolute Gasteiger partial charge is 0.492 e. The standard InChI is InChI=1S/C15H9Cl2F4NO3/c1-24-13-9(17)12(14(23)25-2)22-11(10(13)18)7-4-3-6(5-8(7)16)15(19,20)21/h3-5H,1-2H3. The Morgan fingerprint density at radius 1 is 1.20 bits per heavy atom. The Labute approximate surface area is 149 Å². The maximum absolute atomic E-state index is 14.6. The number of pyridine rings is 1. The van der Waals surface area contributed by atoms with Crippen LogP contribution >= 0.6 is 23.2 Å². The van der Waals surface area contributed by atoms with E-state index < -0.39 is 50.7 Å². The van der Waals surface area contributed by atoms with Crippen LogP contribution in [0.15, 0.2) is 18.2 Å². The third-order valence-corrected chi connectivity index (χ3v) is 3.84.